The number of halogens is 3. The maximum absolute atomic E-state index is 13.1. The zero-order valence-corrected chi connectivity index (χ0v) is 18.8. The smallest absolute Gasteiger partial charge is 0.406 e. The number of benzene rings is 2. The van der Waals surface area contributed by atoms with Gasteiger partial charge in [0.15, 0.2) is 5.13 Å². The molecule has 1 heterocycles. The highest BCUT2D eigenvalue weighted by atomic mass is 32.1. The first-order valence-electron chi connectivity index (χ1n) is 10.7. The maximum atomic E-state index is 13.1. The number of carbonyl (C=O) groups is 2. The SMILES string of the molecule is NC1(CC(=O)N[C@@H](Cc2ccccc2)C(=O)Nc2nc3ccc(OC(F)(F)F)cc3s2)CCC1. The normalized spacial score (nSPS) is 15.9. The fourth-order valence-electron chi connectivity index (χ4n) is 3.78. The first-order chi connectivity index (χ1) is 16.1. The summed E-state index contributed by atoms with van der Waals surface area (Å²) in [6.07, 6.45) is -1.91. The van der Waals surface area contributed by atoms with Crippen molar-refractivity contribution in [1.29, 1.82) is 0 Å². The largest absolute Gasteiger partial charge is 0.573 e. The Kier molecular flexibility index (Phi) is 6.76. The van der Waals surface area contributed by atoms with Crippen molar-refractivity contribution in [1.82, 2.24) is 10.3 Å². The highest BCUT2D eigenvalue weighted by molar-refractivity contribution is 7.22. The minimum atomic E-state index is -4.81. The van der Waals surface area contributed by atoms with Gasteiger partial charge in [0.25, 0.3) is 0 Å². The van der Waals surface area contributed by atoms with E-state index in [9.17, 15) is 22.8 Å². The molecule has 1 atom stereocenters. The fourth-order valence-corrected chi connectivity index (χ4v) is 4.68. The highest BCUT2D eigenvalue weighted by Gasteiger charge is 2.36. The maximum Gasteiger partial charge on any atom is 0.573 e. The standard InChI is InChI=1S/C23H23F3N4O3S/c24-23(25,26)33-15-7-8-16-18(12-15)34-21(29-16)30-20(32)17(11-14-5-2-1-3-6-14)28-19(31)13-22(27)9-4-10-22/h1-3,5-8,12,17H,4,9-11,13,27H2,(H,28,31)(H,29,30,32)/t17-/m0/s1. The van der Waals surface area contributed by atoms with E-state index in [1.54, 1.807) is 0 Å². The van der Waals surface area contributed by atoms with Gasteiger partial charge in [0.1, 0.15) is 11.8 Å². The van der Waals surface area contributed by atoms with E-state index >= 15 is 0 Å². The molecule has 0 radical (unpaired) electrons. The first kappa shape index (κ1) is 24.0. The molecule has 0 saturated heterocycles. The number of thiazole rings is 1. The van der Waals surface area contributed by atoms with E-state index in [2.05, 4.69) is 20.4 Å². The number of amides is 2. The first-order valence-corrected chi connectivity index (χ1v) is 11.5. The molecule has 2 amide bonds. The van der Waals surface area contributed by atoms with Crippen LogP contribution in [0.5, 0.6) is 5.75 Å². The second kappa shape index (κ2) is 9.59. The summed E-state index contributed by atoms with van der Waals surface area (Å²) < 4.78 is 41.8. The van der Waals surface area contributed by atoms with E-state index in [0.717, 1.165) is 42.2 Å². The average molecular weight is 493 g/mol. The second-order valence-electron chi connectivity index (χ2n) is 8.39. The third-order valence-corrected chi connectivity index (χ3v) is 6.55. The Morgan fingerprint density at radius 3 is 2.56 bits per heavy atom. The minimum absolute atomic E-state index is 0.134. The van der Waals surface area contributed by atoms with Crippen molar-refractivity contribution in [2.24, 2.45) is 5.73 Å². The van der Waals surface area contributed by atoms with Gasteiger partial charge in [-0.3, -0.25) is 9.59 Å². The monoisotopic (exact) mass is 492 g/mol. The Labute approximate surface area is 197 Å². The molecule has 1 aromatic heterocycles. The topological polar surface area (TPSA) is 106 Å². The number of nitrogens with two attached hydrogens (primary N) is 1. The van der Waals surface area contributed by atoms with Crippen LogP contribution >= 0.6 is 11.3 Å². The number of alkyl halides is 3. The number of hydrogen-bond donors (Lipinski definition) is 3. The van der Waals surface area contributed by atoms with Gasteiger partial charge in [0, 0.05) is 24.4 Å². The van der Waals surface area contributed by atoms with Gasteiger partial charge in [0.05, 0.1) is 10.2 Å². The molecule has 0 bridgehead atoms. The van der Waals surface area contributed by atoms with Crippen molar-refractivity contribution in [3.8, 4) is 5.75 Å². The van der Waals surface area contributed by atoms with Gasteiger partial charge in [0.2, 0.25) is 11.8 Å². The summed E-state index contributed by atoms with van der Waals surface area (Å²) in [7, 11) is 0. The third-order valence-electron chi connectivity index (χ3n) is 5.62. The van der Waals surface area contributed by atoms with Crippen LogP contribution in [0, 0.1) is 0 Å². The van der Waals surface area contributed by atoms with Crippen LogP contribution in [-0.2, 0) is 16.0 Å². The van der Waals surface area contributed by atoms with Crippen molar-refractivity contribution in [3.63, 3.8) is 0 Å². The van der Waals surface area contributed by atoms with Crippen LogP contribution in [0.2, 0.25) is 0 Å². The number of hydrogen-bond acceptors (Lipinski definition) is 6. The molecule has 11 heteroatoms. The van der Waals surface area contributed by atoms with E-state index in [0.29, 0.717) is 10.2 Å². The molecular formula is C23H23F3N4O3S. The van der Waals surface area contributed by atoms with Crippen molar-refractivity contribution in [2.75, 3.05) is 5.32 Å². The summed E-state index contributed by atoms with van der Waals surface area (Å²) in [4.78, 5) is 29.9. The van der Waals surface area contributed by atoms with Crippen LogP contribution in [0.3, 0.4) is 0 Å². The number of fused-ring (bicyclic) bond motifs is 1. The van der Waals surface area contributed by atoms with E-state index in [-0.39, 0.29) is 29.6 Å². The number of ether oxygens (including phenoxy) is 1. The van der Waals surface area contributed by atoms with Crippen molar-refractivity contribution in [2.45, 2.75) is 50.0 Å². The minimum Gasteiger partial charge on any atom is -0.406 e. The van der Waals surface area contributed by atoms with Gasteiger partial charge in [-0.1, -0.05) is 41.7 Å². The lowest BCUT2D eigenvalue weighted by molar-refractivity contribution is -0.274. The number of nitrogens with zero attached hydrogens (tertiary/aromatic N) is 1. The molecule has 7 nitrogen and oxygen atoms in total. The number of rotatable bonds is 8. The predicted octanol–water partition coefficient (Wildman–Crippen LogP) is 4.13. The van der Waals surface area contributed by atoms with Crippen molar-refractivity contribution < 1.29 is 27.5 Å². The van der Waals surface area contributed by atoms with Crippen LogP contribution in [0.15, 0.2) is 48.5 Å². The Morgan fingerprint density at radius 1 is 1.18 bits per heavy atom. The summed E-state index contributed by atoms with van der Waals surface area (Å²) in [5, 5.41) is 5.65. The van der Waals surface area contributed by atoms with Crippen LogP contribution < -0.4 is 21.1 Å². The Balaban J connectivity index is 1.48. The van der Waals surface area contributed by atoms with Gasteiger partial charge >= 0.3 is 6.36 Å². The van der Waals surface area contributed by atoms with Gasteiger partial charge in [-0.2, -0.15) is 0 Å². The van der Waals surface area contributed by atoms with E-state index in [4.69, 9.17) is 5.73 Å². The molecule has 4 N–H and O–H groups in total. The molecule has 3 aromatic rings. The lowest BCUT2D eigenvalue weighted by Crippen LogP contribution is -2.53. The number of carbonyl (C=O) groups excluding carboxylic acids is 2. The van der Waals surface area contributed by atoms with E-state index < -0.39 is 23.9 Å². The van der Waals surface area contributed by atoms with Gasteiger partial charge in [-0.05, 0) is 37.0 Å². The van der Waals surface area contributed by atoms with Gasteiger partial charge in [-0.15, -0.1) is 13.2 Å². The van der Waals surface area contributed by atoms with Crippen molar-refractivity contribution >= 4 is 38.5 Å². The Bertz CT molecular complexity index is 1180. The summed E-state index contributed by atoms with van der Waals surface area (Å²) in [5.74, 6) is -1.17. The number of anilines is 1. The molecule has 1 aliphatic rings. The molecule has 2 aromatic carbocycles. The third kappa shape index (κ3) is 6.23. The summed E-state index contributed by atoms with van der Waals surface area (Å²) in [6.45, 7) is 0. The number of nitrogens with one attached hydrogen (secondary N) is 2. The van der Waals surface area contributed by atoms with Crippen LogP contribution in [-0.4, -0.2) is 34.7 Å². The quantitative estimate of drug-likeness (QED) is 0.438. The molecular weight excluding hydrogens is 469 g/mol. The predicted molar refractivity (Wildman–Crippen MR) is 122 cm³/mol. The van der Waals surface area contributed by atoms with Crippen molar-refractivity contribution in [3.05, 3.63) is 54.1 Å². The molecule has 1 fully saturated rings. The fraction of sp³-hybridized carbons (Fsp3) is 0.348. The van der Waals surface area contributed by atoms with Crippen LogP contribution in [0.4, 0.5) is 18.3 Å². The zero-order chi connectivity index (χ0) is 24.3. The summed E-state index contributed by atoms with van der Waals surface area (Å²) in [5.41, 5.74) is 6.91. The van der Waals surface area contributed by atoms with E-state index in [1.807, 2.05) is 30.3 Å². The summed E-state index contributed by atoms with van der Waals surface area (Å²) >= 11 is 1.01. The van der Waals surface area contributed by atoms with Gasteiger partial charge in [-0.25, -0.2) is 4.98 Å². The summed E-state index contributed by atoms with van der Waals surface area (Å²) in [6, 6.07) is 12.1. The molecule has 4 rings (SSSR count). The number of aromatic nitrogens is 1. The van der Waals surface area contributed by atoms with E-state index in [1.165, 1.54) is 12.1 Å². The zero-order valence-electron chi connectivity index (χ0n) is 18.0. The Hall–Kier alpha value is -3.18. The lowest BCUT2D eigenvalue weighted by Gasteiger charge is -2.37. The van der Waals surface area contributed by atoms with Crippen LogP contribution in [0.1, 0.15) is 31.2 Å². The molecule has 0 aliphatic heterocycles. The molecule has 1 aliphatic carbocycles. The highest BCUT2D eigenvalue weighted by Crippen LogP contribution is 2.33. The molecule has 0 spiro atoms. The van der Waals surface area contributed by atoms with Gasteiger partial charge < -0.3 is 21.1 Å². The molecule has 34 heavy (non-hydrogen) atoms. The lowest BCUT2D eigenvalue weighted by atomic mass is 9.75. The molecule has 180 valence electrons. The Morgan fingerprint density at radius 2 is 1.91 bits per heavy atom. The second-order valence-corrected chi connectivity index (χ2v) is 9.42. The molecule has 0 unspecified atom stereocenters. The molecule has 1 saturated carbocycles. The van der Waals surface area contributed by atoms with Crippen LogP contribution in [0.25, 0.3) is 10.2 Å². The average Bonchev–Trinajstić information content (AvgIpc) is 3.13.